The van der Waals surface area contributed by atoms with Crippen LogP contribution in [0.4, 0.5) is 5.69 Å². The molecule has 3 rings (SSSR count). The van der Waals surface area contributed by atoms with Crippen molar-refractivity contribution in [2.45, 2.75) is 40.3 Å². The Kier molecular flexibility index (Phi) is 6.69. The Bertz CT molecular complexity index is 1190. The van der Waals surface area contributed by atoms with Gasteiger partial charge < -0.3 is 19.4 Å². The molecule has 1 amide bonds. The molecular weight excluding hydrogens is 398 g/mol. The number of amides is 1. The normalized spacial score (nSPS) is 11.7. The van der Waals surface area contributed by atoms with Gasteiger partial charge in [0.25, 0.3) is 11.5 Å². The molecule has 1 atom stereocenters. The van der Waals surface area contributed by atoms with Crippen LogP contribution in [-0.2, 0) is 16.1 Å². The van der Waals surface area contributed by atoms with Crippen molar-refractivity contribution in [2.75, 3.05) is 11.9 Å². The molecule has 2 aromatic carbocycles. The van der Waals surface area contributed by atoms with Crippen LogP contribution >= 0.6 is 0 Å². The largest absolute Gasteiger partial charge is 0.492 e. The van der Waals surface area contributed by atoms with E-state index in [0.717, 1.165) is 0 Å². The molecule has 0 radical (unpaired) electrons. The van der Waals surface area contributed by atoms with Gasteiger partial charge in [-0.25, -0.2) is 9.78 Å². The fraction of sp³-hybridized carbons (Fsp3) is 0.304. The lowest BCUT2D eigenvalue weighted by Gasteiger charge is -2.16. The van der Waals surface area contributed by atoms with Crippen LogP contribution in [-0.4, -0.2) is 34.1 Å². The number of hydrogen-bond acceptors (Lipinski definition) is 6. The predicted octanol–water partition coefficient (Wildman–Crippen LogP) is 3.31. The molecule has 162 valence electrons. The third-order valence-corrected chi connectivity index (χ3v) is 4.76. The number of carbonyl (C=O) groups excluding carboxylic acids is 2. The summed E-state index contributed by atoms with van der Waals surface area (Å²) in [5.41, 5.74) is 2.07. The smallest absolute Gasteiger partial charge is 0.338 e. The van der Waals surface area contributed by atoms with Crippen molar-refractivity contribution in [1.29, 1.82) is 0 Å². The number of nitrogens with zero attached hydrogens (tertiary/aromatic N) is 2. The van der Waals surface area contributed by atoms with Crippen LogP contribution in [0.15, 0.2) is 47.3 Å². The second-order valence-electron chi connectivity index (χ2n) is 6.92. The number of nitrogens with one attached hydrogen (secondary N) is 1. The zero-order valence-electron chi connectivity index (χ0n) is 18.0. The number of para-hydroxylation sites is 2. The summed E-state index contributed by atoms with van der Waals surface area (Å²) < 4.78 is 12.4. The molecule has 3 aromatic rings. The van der Waals surface area contributed by atoms with E-state index in [0.29, 0.717) is 41.3 Å². The third-order valence-electron chi connectivity index (χ3n) is 4.76. The summed E-state index contributed by atoms with van der Waals surface area (Å²) in [6, 6.07) is 11.8. The molecule has 31 heavy (non-hydrogen) atoms. The van der Waals surface area contributed by atoms with Crippen LogP contribution in [0.25, 0.3) is 11.0 Å². The van der Waals surface area contributed by atoms with Crippen LogP contribution in [0, 0.1) is 6.92 Å². The molecule has 0 bridgehead atoms. The molecule has 0 spiro atoms. The highest BCUT2D eigenvalue weighted by molar-refractivity contribution is 5.99. The van der Waals surface area contributed by atoms with E-state index in [4.69, 9.17) is 9.47 Å². The number of hydrogen-bond donors (Lipinski definition) is 1. The molecule has 0 aliphatic heterocycles. The first-order valence-electron chi connectivity index (χ1n) is 10.1. The van der Waals surface area contributed by atoms with Crippen molar-refractivity contribution in [3.63, 3.8) is 0 Å². The topological polar surface area (TPSA) is 99.5 Å². The molecule has 8 nitrogen and oxygen atoms in total. The Morgan fingerprint density at radius 1 is 1.16 bits per heavy atom. The first-order chi connectivity index (χ1) is 14.8. The Hall–Kier alpha value is -3.68. The van der Waals surface area contributed by atoms with Gasteiger partial charge >= 0.3 is 5.97 Å². The number of ether oxygens (including phenoxy) is 2. The number of fused-ring (bicyclic) bond motifs is 1. The van der Waals surface area contributed by atoms with Crippen molar-refractivity contribution in [1.82, 2.24) is 9.55 Å². The molecule has 1 heterocycles. The Morgan fingerprint density at radius 3 is 2.61 bits per heavy atom. The fourth-order valence-electron chi connectivity index (χ4n) is 3.18. The van der Waals surface area contributed by atoms with E-state index in [9.17, 15) is 14.4 Å². The summed E-state index contributed by atoms with van der Waals surface area (Å²) in [5.74, 6) is -0.596. The van der Waals surface area contributed by atoms with Gasteiger partial charge in [-0.3, -0.25) is 9.59 Å². The van der Waals surface area contributed by atoms with E-state index in [1.807, 2.05) is 13.8 Å². The van der Waals surface area contributed by atoms with Gasteiger partial charge in [0.2, 0.25) is 0 Å². The molecule has 0 saturated carbocycles. The second-order valence-corrected chi connectivity index (χ2v) is 6.92. The average Bonchev–Trinajstić information content (AvgIpc) is 2.75. The van der Waals surface area contributed by atoms with Gasteiger partial charge in [-0.15, -0.1) is 0 Å². The van der Waals surface area contributed by atoms with Crippen LogP contribution in [0.2, 0.25) is 0 Å². The lowest BCUT2D eigenvalue weighted by molar-refractivity contribution is -0.123. The minimum Gasteiger partial charge on any atom is -0.492 e. The highest BCUT2D eigenvalue weighted by Gasteiger charge is 2.21. The van der Waals surface area contributed by atoms with Crippen molar-refractivity contribution in [3.8, 4) is 5.75 Å². The maximum atomic E-state index is 12.6. The van der Waals surface area contributed by atoms with Gasteiger partial charge in [0, 0.05) is 6.54 Å². The van der Waals surface area contributed by atoms with E-state index >= 15 is 0 Å². The van der Waals surface area contributed by atoms with Crippen LogP contribution in [0.5, 0.6) is 5.75 Å². The third kappa shape index (κ3) is 4.74. The molecule has 0 aliphatic rings. The molecule has 8 heteroatoms. The molecule has 1 aromatic heterocycles. The van der Waals surface area contributed by atoms with Crippen molar-refractivity contribution >= 4 is 28.6 Å². The van der Waals surface area contributed by atoms with Gasteiger partial charge in [-0.1, -0.05) is 12.1 Å². The van der Waals surface area contributed by atoms with E-state index < -0.39 is 18.0 Å². The minimum atomic E-state index is -1.03. The average molecular weight is 423 g/mol. The first kappa shape index (κ1) is 22.0. The Balaban J connectivity index is 1.76. The number of carbonyl (C=O) groups is 2. The van der Waals surface area contributed by atoms with Gasteiger partial charge in [0.1, 0.15) is 11.4 Å². The quantitative estimate of drug-likeness (QED) is 0.586. The Labute approximate surface area is 179 Å². The SMILES string of the molecule is CCOc1ccccc1NC(=O)C(C)OC(=O)c1ccc2c(c1)nc(C)c(=O)n2CC. The summed E-state index contributed by atoms with van der Waals surface area (Å²) in [6.45, 7) is 7.79. The van der Waals surface area contributed by atoms with E-state index in [-0.39, 0.29) is 11.1 Å². The van der Waals surface area contributed by atoms with E-state index in [2.05, 4.69) is 10.3 Å². The molecule has 1 N–H and O–H groups in total. The zero-order valence-corrected chi connectivity index (χ0v) is 18.0. The maximum Gasteiger partial charge on any atom is 0.338 e. The van der Waals surface area contributed by atoms with Crippen LogP contribution in [0.3, 0.4) is 0 Å². The summed E-state index contributed by atoms with van der Waals surface area (Å²) in [7, 11) is 0. The van der Waals surface area contributed by atoms with Gasteiger partial charge in [-0.2, -0.15) is 0 Å². The summed E-state index contributed by atoms with van der Waals surface area (Å²) in [4.78, 5) is 41.6. The van der Waals surface area contributed by atoms with Crippen molar-refractivity contribution in [3.05, 3.63) is 64.1 Å². The summed E-state index contributed by atoms with van der Waals surface area (Å²) in [6.07, 6.45) is -1.03. The number of esters is 1. The van der Waals surface area contributed by atoms with Gasteiger partial charge in [0.05, 0.1) is 28.9 Å². The van der Waals surface area contributed by atoms with Crippen molar-refractivity contribution < 1.29 is 19.1 Å². The maximum absolute atomic E-state index is 12.6. The number of anilines is 1. The first-order valence-corrected chi connectivity index (χ1v) is 10.1. The zero-order chi connectivity index (χ0) is 22.5. The van der Waals surface area contributed by atoms with E-state index in [1.54, 1.807) is 54.0 Å². The standard InChI is InChI=1S/C23H25N3O5/c1-5-26-19-12-11-16(13-18(19)24-14(3)22(26)28)23(29)31-15(4)21(27)25-17-9-7-8-10-20(17)30-6-2/h7-13,15H,5-6H2,1-4H3,(H,25,27). The van der Waals surface area contributed by atoms with Crippen LogP contribution in [0.1, 0.15) is 36.8 Å². The Morgan fingerprint density at radius 2 is 1.90 bits per heavy atom. The molecule has 0 fully saturated rings. The minimum absolute atomic E-state index is 0.164. The number of aromatic nitrogens is 2. The fourth-order valence-corrected chi connectivity index (χ4v) is 3.18. The summed E-state index contributed by atoms with van der Waals surface area (Å²) in [5, 5.41) is 2.72. The monoisotopic (exact) mass is 423 g/mol. The number of aryl methyl sites for hydroxylation is 2. The molecule has 1 unspecified atom stereocenters. The highest BCUT2D eigenvalue weighted by atomic mass is 16.5. The predicted molar refractivity (Wildman–Crippen MR) is 118 cm³/mol. The van der Waals surface area contributed by atoms with Crippen molar-refractivity contribution in [2.24, 2.45) is 0 Å². The lowest BCUT2D eigenvalue weighted by Crippen LogP contribution is -2.30. The van der Waals surface area contributed by atoms with Gasteiger partial charge in [0.15, 0.2) is 6.10 Å². The van der Waals surface area contributed by atoms with Crippen LogP contribution < -0.4 is 15.6 Å². The van der Waals surface area contributed by atoms with E-state index in [1.165, 1.54) is 6.92 Å². The summed E-state index contributed by atoms with van der Waals surface area (Å²) >= 11 is 0. The second kappa shape index (κ2) is 9.42. The number of benzene rings is 2. The lowest BCUT2D eigenvalue weighted by atomic mass is 10.2. The molecular formula is C23H25N3O5. The molecule has 0 saturated heterocycles. The van der Waals surface area contributed by atoms with Gasteiger partial charge in [-0.05, 0) is 58.0 Å². The molecule has 0 aliphatic carbocycles. The highest BCUT2D eigenvalue weighted by Crippen LogP contribution is 2.24. The number of rotatable bonds is 7.